The number of carbonyl (C=O) groups is 1. The first kappa shape index (κ1) is 14.7. The molecule has 0 bridgehead atoms. The van der Waals surface area contributed by atoms with Gasteiger partial charge in [0.1, 0.15) is 0 Å². The average Bonchev–Trinajstić information content (AvgIpc) is 2.74. The Morgan fingerprint density at radius 2 is 2.33 bits per heavy atom. The van der Waals surface area contributed by atoms with Crippen molar-refractivity contribution in [3.05, 3.63) is 17.5 Å². The van der Waals surface area contributed by atoms with Gasteiger partial charge in [0.25, 0.3) is 5.91 Å². The summed E-state index contributed by atoms with van der Waals surface area (Å²) in [7, 11) is 1.80. The predicted octanol–water partition coefficient (Wildman–Crippen LogP) is 0.111. The average molecular weight is 255 g/mol. The molecule has 1 aromatic rings. The maximum absolute atomic E-state index is 11.9. The summed E-state index contributed by atoms with van der Waals surface area (Å²) in [5.41, 5.74) is 1.45. The van der Waals surface area contributed by atoms with E-state index in [9.17, 15) is 4.79 Å². The summed E-state index contributed by atoms with van der Waals surface area (Å²) in [6, 6.07) is 0. The topological polar surface area (TPSA) is 76.4 Å². The number of aromatic nitrogens is 2. The molecule has 0 aliphatic heterocycles. The Morgan fingerprint density at radius 1 is 1.56 bits per heavy atom. The first-order chi connectivity index (χ1) is 8.69. The number of nitrogens with zero attached hydrogens (tertiary/aromatic N) is 2. The molecule has 0 fully saturated rings. The highest BCUT2D eigenvalue weighted by Gasteiger charge is 2.13. The van der Waals surface area contributed by atoms with Gasteiger partial charge in [-0.15, -0.1) is 0 Å². The van der Waals surface area contributed by atoms with Gasteiger partial charge < -0.3 is 15.2 Å². The number of aliphatic hydroxyl groups excluding tert-OH is 1. The van der Waals surface area contributed by atoms with Crippen LogP contribution in [0.3, 0.4) is 0 Å². The zero-order chi connectivity index (χ0) is 13.4. The summed E-state index contributed by atoms with van der Waals surface area (Å²) in [5, 5.41) is 15.6. The Bertz CT molecular complexity index is 377. The third-order valence-corrected chi connectivity index (χ3v) is 2.47. The summed E-state index contributed by atoms with van der Waals surface area (Å²) >= 11 is 0. The number of ether oxygens (including phenoxy) is 1. The third-order valence-electron chi connectivity index (χ3n) is 2.47. The molecule has 1 amide bonds. The van der Waals surface area contributed by atoms with Crippen molar-refractivity contribution in [1.82, 2.24) is 15.1 Å². The van der Waals surface area contributed by atoms with E-state index in [1.54, 1.807) is 17.9 Å². The lowest BCUT2D eigenvalue weighted by Gasteiger charge is -2.05. The molecule has 0 unspecified atom stereocenters. The van der Waals surface area contributed by atoms with Crippen molar-refractivity contribution < 1.29 is 14.6 Å². The lowest BCUT2D eigenvalue weighted by atomic mass is 10.2. The minimum Gasteiger partial charge on any atom is -0.394 e. The van der Waals surface area contributed by atoms with Gasteiger partial charge in [0, 0.05) is 26.4 Å². The van der Waals surface area contributed by atoms with Crippen LogP contribution in [-0.4, -0.2) is 47.2 Å². The van der Waals surface area contributed by atoms with Crippen LogP contribution in [-0.2, 0) is 18.2 Å². The number of hydrogen-bond donors (Lipinski definition) is 2. The van der Waals surface area contributed by atoms with Crippen molar-refractivity contribution in [2.45, 2.75) is 19.8 Å². The van der Waals surface area contributed by atoms with Gasteiger partial charge >= 0.3 is 0 Å². The van der Waals surface area contributed by atoms with E-state index in [0.29, 0.717) is 25.3 Å². The van der Waals surface area contributed by atoms with Crippen molar-refractivity contribution in [3.8, 4) is 0 Å². The summed E-state index contributed by atoms with van der Waals surface area (Å²) in [4.78, 5) is 11.9. The monoisotopic (exact) mass is 255 g/mol. The van der Waals surface area contributed by atoms with Crippen LogP contribution in [0.15, 0.2) is 6.20 Å². The summed E-state index contributed by atoms with van der Waals surface area (Å²) in [6.45, 7) is 3.44. The first-order valence-corrected chi connectivity index (χ1v) is 6.18. The highest BCUT2D eigenvalue weighted by molar-refractivity contribution is 5.95. The van der Waals surface area contributed by atoms with Crippen LogP contribution in [0, 0.1) is 0 Å². The Hall–Kier alpha value is -1.40. The fraction of sp³-hybridized carbons (Fsp3) is 0.667. The Morgan fingerprint density at radius 3 is 3.00 bits per heavy atom. The molecule has 2 N–H and O–H groups in total. The first-order valence-electron chi connectivity index (χ1n) is 6.18. The Kier molecular flexibility index (Phi) is 6.38. The van der Waals surface area contributed by atoms with E-state index < -0.39 is 0 Å². The number of nitrogens with one attached hydrogen (secondary N) is 1. The molecule has 0 aliphatic rings. The van der Waals surface area contributed by atoms with E-state index in [0.717, 1.165) is 18.5 Å². The minimum atomic E-state index is -0.0953. The standard InChI is InChI=1S/C12H21N3O3/c1-3-11-10(9-15(2)14-11)12(17)13-5-4-7-18-8-6-16/h9,16H,3-8H2,1-2H3,(H,13,17). The highest BCUT2D eigenvalue weighted by atomic mass is 16.5. The molecule has 0 atom stereocenters. The number of hydrogen-bond acceptors (Lipinski definition) is 4. The van der Waals surface area contributed by atoms with E-state index in [-0.39, 0.29) is 12.5 Å². The fourth-order valence-electron chi connectivity index (χ4n) is 1.62. The number of aryl methyl sites for hydroxylation is 2. The number of amides is 1. The molecule has 0 saturated carbocycles. The molecule has 0 aliphatic carbocycles. The molecule has 102 valence electrons. The van der Waals surface area contributed by atoms with Crippen molar-refractivity contribution in [2.75, 3.05) is 26.4 Å². The van der Waals surface area contributed by atoms with Crippen LogP contribution >= 0.6 is 0 Å². The molecular weight excluding hydrogens is 234 g/mol. The van der Waals surface area contributed by atoms with Crippen LogP contribution in [0.1, 0.15) is 29.4 Å². The van der Waals surface area contributed by atoms with E-state index >= 15 is 0 Å². The maximum Gasteiger partial charge on any atom is 0.254 e. The van der Waals surface area contributed by atoms with Gasteiger partial charge in [0.05, 0.1) is 24.5 Å². The van der Waals surface area contributed by atoms with E-state index in [2.05, 4.69) is 10.4 Å². The Balaban J connectivity index is 2.32. The zero-order valence-corrected chi connectivity index (χ0v) is 11.0. The molecule has 1 heterocycles. The largest absolute Gasteiger partial charge is 0.394 e. The molecule has 1 rings (SSSR count). The Labute approximate surface area is 107 Å². The van der Waals surface area contributed by atoms with E-state index in [1.165, 1.54) is 0 Å². The molecule has 0 spiro atoms. The zero-order valence-electron chi connectivity index (χ0n) is 11.0. The molecule has 18 heavy (non-hydrogen) atoms. The normalized spacial score (nSPS) is 10.6. The molecule has 1 aromatic heterocycles. The van der Waals surface area contributed by atoms with Gasteiger partial charge in [0.2, 0.25) is 0 Å². The highest BCUT2D eigenvalue weighted by Crippen LogP contribution is 2.06. The summed E-state index contributed by atoms with van der Waals surface area (Å²) in [5.74, 6) is -0.0953. The van der Waals surface area contributed by atoms with Crippen LogP contribution in [0.2, 0.25) is 0 Å². The van der Waals surface area contributed by atoms with Crippen LogP contribution < -0.4 is 5.32 Å². The number of aliphatic hydroxyl groups is 1. The molecule has 0 aromatic carbocycles. The molecule has 6 heteroatoms. The molecule has 0 radical (unpaired) electrons. The van der Waals surface area contributed by atoms with Crippen LogP contribution in [0.25, 0.3) is 0 Å². The van der Waals surface area contributed by atoms with Gasteiger partial charge in [0.15, 0.2) is 0 Å². The van der Waals surface area contributed by atoms with Crippen molar-refractivity contribution >= 4 is 5.91 Å². The maximum atomic E-state index is 11.9. The molecular formula is C12H21N3O3. The predicted molar refractivity (Wildman–Crippen MR) is 67.4 cm³/mol. The lowest BCUT2D eigenvalue weighted by molar-refractivity contribution is 0.0867. The van der Waals surface area contributed by atoms with Gasteiger partial charge in [-0.2, -0.15) is 5.10 Å². The van der Waals surface area contributed by atoms with Crippen molar-refractivity contribution in [1.29, 1.82) is 0 Å². The number of carbonyl (C=O) groups excluding carboxylic acids is 1. The van der Waals surface area contributed by atoms with E-state index in [4.69, 9.17) is 9.84 Å². The van der Waals surface area contributed by atoms with E-state index in [1.807, 2.05) is 6.92 Å². The second-order valence-corrected chi connectivity index (χ2v) is 3.96. The second kappa shape index (κ2) is 7.84. The second-order valence-electron chi connectivity index (χ2n) is 3.96. The number of rotatable bonds is 8. The fourth-order valence-corrected chi connectivity index (χ4v) is 1.62. The van der Waals surface area contributed by atoms with Gasteiger partial charge in [-0.25, -0.2) is 0 Å². The smallest absolute Gasteiger partial charge is 0.254 e. The van der Waals surface area contributed by atoms with Crippen molar-refractivity contribution in [2.24, 2.45) is 7.05 Å². The summed E-state index contributed by atoms with van der Waals surface area (Å²) in [6.07, 6.45) is 3.20. The third kappa shape index (κ3) is 4.46. The summed E-state index contributed by atoms with van der Waals surface area (Å²) < 4.78 is 6.75. The van der Waals surface area contributed by atoms with Gasteiger partial charge in [-0.1, -0.05) is 6.92 Å². The van der Waals surface area contributed by atoms with Crippen LogP contribution in [0.4, 0.5) is 0 Å². The van der Waals surface area contributed by atoms with Gasteiger partial charge in [-0.3, -0.25) is 9.48 Å². The quantitative estimate of drug-likeness (QED) is 0.646. The lowest BCUT2D eigenvalue weighted by Crippen LogP contribution is -2.26. The van der Waals surface area contributed by atoms with Gasteiger partial charge in [-0.05, 0) is 12.8 Å². The molecule has 6 nitrogen and oxygen atoms in total. The minimum absolute atomic E-state index is 0.0297. The molecule has 0 saturated heterocycles. The van der Waals surface area contributed by atoms with Crippen LogP contribution in [0.5, 0.6) is 0 Å². The van der Waals surface area contributed by atoms with Crippen molar-refractivity contribution in [3.63, 3.8) is 0 Å². The SMILES string of the molecule is CCc1nn(C)cc1C(=O)NCCCOCCO.